The molecule has 0 saturated carbocycles. The Morgan fingerprint density at radius 3 is 1.68 bits per heavy atom. The van der Waals surface area contributed by atoms with Gasteiger partial charge in [0.1, 0.15) is 40.5 Å². The molecule has 0 spiro atoms. The summed E-state index contributed by atoms with van der Waals surface area (Å²) < 4.78 is 20.0. The number of phenolic OH excluding ortho intramolecular Hbond substituents is 1. The fraction of sp³-hybridized carbons (Fsp3) is 0.419. The van der Waals surface area contributed by atoms with E-state index in [0.29, 0.717) is 64.8 Å². The number of carboxylic acids is 1. The van der Waals surface area contributed by atoms with E-state index in [-0.39, 0.29) is 48.7 Å². The summed E-state index contributed by atoms with van der Waals surface area (Å²) in [6, 6.07) is 2.96. The number of halogens is 1. The van der Waals surface area contributed by atoms with Crippen LogP contribution in [-0.2, 0) is 34.0 Å². The number of nitrogens with zero attached hydrogens (tertiary/aromatic N) is 2. The number of aromatic hydroxyl groups is 3. The normalized spacial score (nSPS) is 12.8. The summed E-state index contributed by atoms with van der Waals surface area (Å²) in [5.41, 5.74) is 14.7. The van der Waals surface area contributed by atoms with Gasteiger partial charge in [-0.3, -0.25) is 14.8 Å². The van der Waals surface area contributed by atoms with E-state index < -0.39 is 12.0 Å². The zero-order chi connectivity index (χ0) is 35.0. The number of nitrogens with one attached hydrogen (secondary N) is 1. The van der Waals surface area contributed by atoms with Crippen LogP contribution < -0.4 is 31.0 Å². The molecule has 15 nitrogen and oxygen atoms in total. The molecule has 1 aliphatic rings. The van der Waals surface area contributed by atoms with Crippen molar-refractivity contribution in [3.05, 3.63) is 58.2 Å². The first-order chi connectivity index (χ1) is 21.8. The standard InChI is InChI=1S/C9H13NO3.C9H13NO2.C8H12N2O2.C5H7NO3.ClH/c1-6-9(11)7(5-12-2)8(13-3)4-10-6;1-6-3-4-8(12-2)7(5-10)9(6)11;1-5-8(11)6(3-9)7(12-2)4-10-5;7-4-2-1-3(6-4)5(8)9;/h4,11H,5H2,1-3H3;3-4,11H,5,10H2,1-2H3;4,11H,3,9H2,1-2H3;3H,1-2H2,(H,6,7)(H,8,9);1H/t;;;3-;/m...0./s1. The lowest BCUT2D eigenvalue weighted by molar-refractivity contribution is -0.140. The minimum absolute atomic E-state index is 0. The van der Waals surface area contributed by atoms with Crippen LogP contribution in [0.15, 0.2) is 24.5 Å². The Morgan fingerprint density at radius 2 is 1.30 bits per heavy atom. The molecule has 47 heavy (non-hydrogen) atoms. The van der Waals surface area contributed by atoms with Gasteiger partial charge in [-0.05, 0) is 38.8 Å². The predicted molar refractivity (Wildman–Crippen MR) is 176 cm³/mol. The van der Waals surface area contributed by atoms with E-state index in [4.69, 9.17) is 35.5 Å². The molecular weight excluding hydrogens is 638 g/mol. The van der Waals surface area contributed by atoms with E-state index in [1.807, 2.05) is 6.92 Å². The van der Waals surface area contributed by atoms with Gasteiger partial charge in [0.25, 0.3) is 0 Å². The van der Waals surface area contributed by atoms with Crippen LogP contribution in [0, 0.1) is 20.8 Å². The average Bonchev–Trinajstić information content (AvgIpc) is 3.49. The SMILES string of the molecule is COCc1c(OC)cnc(C)c1O.COc1ccc(C)c(O)c1CN.COc1cnc(C)c(O)c1CN.Cl.O=C1CC[C@@H](C(=O)O)N1. The third-order valence-electron chi connectivity index (χ3n) is 6.69. The largest absolute Gasteiger partial charge is 0.507 e. The van der Waals surface area contributed by atoms with E-state index in [1.165, 1.54) is 14.2 Å². The Hall–Kier alpha value is -4.57. The van der Waals surface area contributed by atoms with Crippen molar-refractivity contribution in [2.75, 3.05) is 28.4 Å². The van der Waals surface area contributed by atoms with Gasteiger partial charge in [0.05, 0.1) is 62.8 Å². The lowest BCUT2D eigenvalue weighted by atomic mass is 10.1. The van der Waals surface area contributed by atoms with Gasteiger partial charge in [-0.25, -0.2) is 4.79 Å². The molecule has 0 unspecified atom stereocenters. The molecule has 0 radical (unpaired) electrons. The molecule has 1 amide bonds. The fourth-order valence-electron chi connectivity index (χ4n) is 4.01. The Kier molecular flexibility index (Phi) is 19.2. The summed E-state index contributed by atoms with van der Waals surface area (Å²) in [4.78, 5) is 28.4. The summed E-state index contributed by atoms with van der Waals surface area (Å²) in [6.07, 6.45) is 3.89. The number of benzene rings is 1. The van der Waals surface area contributed by atoms with Crippen LogP contribution in [0.4, 0.5) is 0 Å². The van der Waals surface area contributed by atoms with Crippen molar-refractivity contribution in [3.8, 4) is 34.5 Å². The molecule has 9 N–H and O–H groups in total. The topological polar surface area (TPSA) is 242 Å². The predicted octanol–water partition coefficient (Wildman–Crippen LogP) is 2.75. The van der Waals surface area contributed by atoms with Gasteiger partial charge in [-0.15, -0.1) is 12.4 Å². The van der Waals surface area contributed by atoms with Gasteiger partial charge >= 0.3 is 5.97 Å². The third kappa shape index (κ3) is 12.3. The zero-order valence-corrected chi connectivity index (χ0v) is 28.4. The summed E-state index contributed by atoms with van der Waals surface area (Å²) in [6.45, 7) is 6.13. The molecule has 0 bridgehead atoms. The van der Waals surface area contributed by atoms with Crippen LogP contribution in [0.25, 0.3) is 0 Å². The number of carbonyl (C=O) groups excluding carboxylic acids is 1. The smallest absolute Gasteiger partial charge is 0.326 e. The number of carbonyl (C=O) groups is 2. The van der Waals surface area contributed by atoms with Gasteiger partial charge < -0.3 is 56.2 Å². The molecule has 3 aromatic rings. The monoisotopic (exact) mass is 683 g/mol. The quantitative estimate of drug-likeness (QED) is 0.181. The second-order valence-electron chi connectivity index (χ2n) is 9.73. The maximum atomic E-state index is 10.4. The summed E-state index contributed by atoms with van der Waals surface area (Å²) in [5, 5.41) is 39.3. The first-order valence-corrected chi connectivity index (χ1v) is 14.0. The molecule has 1 atom stereocenters. The van der Waals surface area contributed by atoms with Crippen LogP contribution in [0.1, 0.15) is 46.5 Å². The molecule has 1 aliphatic heterocycles. The number of ether oxygens (including phenoxy) is 4. The first-order valence-electron chi connectivity index (χ1n) is 14.0. The molecule has 1 saturated heterocycles. The second-order valence-corrected chi connectivity index (χ2v) is 9.73. The Labute approximate surface area is 280 Å². The molecule has 262 valence electrons. The summed E-state index contributed by atoms with van der Waals surface area (Å²) in [5.74, 6) is 1.10. The number of aromatic nitrogens is 2. The van der Waals surface area contributed by atoms with Gasteiger partial charge in [0.2, 0.25) is 5.91 Å². The number of amides is 1. The lowest BCUT2D eigenvalue weighted by Gasteiger charge is -2.10. The van der Waals surface area contributed by atoms with Crippen LogP contribution in [-0.4, -0.2) is 76.8 Å². The van der Waals surface area contributed by atoms with E-state index in [2.05, 4.69) is 15.3 Å². The lowest BCUT2D eigenvalue weighted by Crippen LogP contribution is -2.32. The van der Waals surface area contributed by atoms with Gasteiger partial charge in [-0.1, -0.05) is 6.07 Å². The number of methoxy groups -OCH3 is 4. The molecule has 1 fully saturated rings. The van der Waals surface area contributed by atoms with E-state index in [0.717, 1.165) is 5.56 Å². The molecular formula is C31H46ClN5O10. The Balaban J connectivity index is 0.000000600. The average molecular weight is 684 g/mol. The van der Waals surface area contributed by atoms with Crippen molar-refractivity contribution >= 4 is 24.3 Å². The number of pyridine rings is 2. The van der Waals surface area contributed by atoms with Crippen molar-refractivity contribution in [1.29, 1.82) is 0 Å². The molecule has 16 heteroatoms. The van der Waals surface area contributed by atoms with E-state index in [9.17, 15) is 24.9 Å². The molecule has 4 rings (SSSR count). The Bertz CT molecular complexity index is 1400. The van der Waals surface area contributed by atoms with Crippen molar-refractivity contribution in [2.24, 2.45) is 11.5 Å². The van der Waals surface area contributed by atoms with Crippen LogP contribution in [0.3, 0.4) is 0 Å². The van der Waals surface area contributed by atoms with Crippen LogP contribution >= 0.6 is 12.4 Å². The van der Waals surface area contributed by atoms with Crippen molar-refractivity contribution in [2.45, 2.75) is 59.4 Å². The van der Waals surface area contributed by atoms with Gasteiger partial charge in [0, 0.05) is 32.2 Å². The van der Waals surface area contributed by atoms with Crippen molar-refractivity contribution in [1.82, 2.24) is 15.3 Å². The maximum Gasteiger partial charge on any atom is 0.326 e. The minimum atomic E-state index is -0.944. The number of nitrogens with two attached hydrogens (primary N) is 2. The Morgan fingerprint density at radius 1 is 0.830 bits per heavy atom. The first kappa shape index (κ1) is 42.4. The molecule has 1 aromatic carbocycles. The number of phenols is 1. The van der Waals surface area contributed by atoms with Crippen molar-refractivity contribution in [3.63, 3.8) is 0 Å². The number of aliphatic carboxylic acids is 1. The van der Waals surface area contributed by atoms with Crippen LogP contribution in [0.2, 0.25) is 0 Å². The van der Waals surface area contributed by atoms with Crippen molar-refractivity contribution < 1.29 is 49.0 Å². The van der Waals surface area contributed by atoms with Gasteiger partial charge in [-0.2, -0.15) is 0 Å². The highest BCUT2D eigenvalue weighted by Crippen LogP contribution is 2.31. The highest BCUT2D eigenvalue weighted by molar-refractivity contribution is 5.87. The summed E-state index contributed by atoms with van der Waals surface area (Å²) >= 11 is 0. The number of carboxylic acid groups (broad SMARTS) is 1. The van der Waals surface area contributed by atoms with Gasteiger partial charge in [0.15, 0.2) is 0 Å². The second kappa shape index (κ2) is 21.3. The van der Waals surface area contributed by atoms with E-state index in [1.54, 1.807) is 52.6 Å². The number of rotatable bonds is 8. The molecule has 2 aromatic heterocycles. The molecule has 0 aliphatic carbocycles. The number of hydrogen-bond donors (Lipinski definition) is 7. The van der Waals surface area contributed by atoms with Crippen LogP contribution in [0.5, 0.6) is 34.5 Å². The van der Waals surface area contributed by atoms with E-state index >= 15 is 0 Å². The minimum Gasteiger partial charge on any atom is -0.507 e. The zero-order valence-electron chi connectivity index (χ0n) is 27.6. The third-order valence-corrected chi connectivity index (χ3v) is 6.69. The molecule has 3 heterocycles. The summed E-state index contributed by atoms with van der Waals surface area (Å²) in [7, 11) is 6.17. The number of hydrogen-bond acceptors (Lipinski definition) is 13. The highest BCUT2D eigenvalue weighted by atomic mass is 35.5. The maximum absolute atomic E-state index is 10.4. The number of aryl methyl sites for hydroxylation is 3. The fourth-order valence-corrected chi connectivity index (χ4v) is 4.01. The highest BCUT2D eigenvalue weighted by Gasteiger charge is 2.26.